The van der Waals surface area contributed by atoms with Crippen LogP contribution in [0, 0.1) is 0 Å². The maximum absolute atomic E-state index is 12.6. The Morgan fingerprint density at radius 3 is 2.19 bits per heavy atom. The number of nitrogens with zero attached hydrogens (tertiary/aromatic N) is 3. The van der Waals surface area contributed by atoms with Crippen molar-refractivity contribution in [2.45, 2.75) is 37.8 Å². The van der Waals surface area contributed by atoms with E-state index in [0.29, 0.717) is 38.8 Å². The van der Waals surface area contributed by atoms with E-state index in [1.165, 1.54) is 17.5 Å². The third-order valence-electron chi connectivity index (χ3n) is 3.97. The summed E-state index contributed by atoms with van der Waals surface area (Å²) < 4.78 is 0. The highest BCUT2D eigenvalue weighted by Crippen LogP contribution is 2.11. The fraction of sp³-hybridized carbons (Fsp3) is 0.529. The number of guanidine groups is 2. The lowest BCUT2D eigenvalue weighted by atomic mass is 10.1. The molecule has 0 saturated carbocycles. The Labute approximate surface area is 183 Å². The molecule has 31 heavy (non-hydrogen) atoms. The molecule has 1 aromatic rings. The molecule has 1 rings (SSSR count). The fourth-order valence-corrected chi connectivity index (χ4v) is 3.09. The fourth-order valence-electron chi connectivity index (χ4n) is 2.46. The number of rotatable bonds is 14. The summed E-state index contributed by atoms with van der Waals surface area (Å²) in [5.74, 6) is -1.43. The first kappa shape index (κ1) is 25.8. The molecular weight excluding hydrogens is 424 g/mol. The van der Waals surface area contributed by atoms with E-state index in [9.17, 15) is 14.4 Å². The third kappa shape index (κ3) is 10.9. The topological polar surface area (TPSA) is 243 Å². The van der Waals surface area contributed by atoms with Crippen LogP contribution in [0.5, 0.6) is 0 Å². The van der Waals surface area contributed by atoms with Crippen LogP contribution in [-0.2, 0) is 9.59 Å². The van der Waals surface area contributed by atoms with E-state index in [0.717, 1.165) is 0 Å². The van der Waals surface area contributed by atoms with Gasteiger partial charge in [-0.25, -0.2) is 4.98 Å². The van der Waals surface area contributed by atoms with Gasteiger partial charge in [-0.1, -0.05) is 0 Å². The second-order valence-corrected chi connectivity index (χ2v) is 7.44. The van der Waals surface area contributed by atoms with Gasteiger partial charge in [-0.15, -0.1) is 11.3 Å². The van der Waals surface area contributed by atoms with Crippen LogP contribution >= 0.6 is 11.3 Å². The lowest BCUT2D eigenvalue weighted by Gasteiger charge is -2.17. The molecule has 0 radical (unpaired) electrons. The summed E-state index contributed by atoms with van der Waals surface area (Å²) in [5.41, 5.74) is 26.8. The smallest absolute Gasteiger partial charge is 0.239 e. The lowest BCUT2D eigenvalue weighted by Crippen LogP contribution is -2.48. The van der Waals surface area contributed by atoms with E-state index in [1.54, 1.807) is 5.38 Å². The van der Waals surface area contributed by atoms with E-state index in [2.05, 4.69) is 25.6 Å². The third-order valence-corrected chi connectivity index (χ3v) is 4.76. The molecule has 0 aliphatic heterocycles. The van der Waals surface area contributed by atoms with Crippen molar-refractivity contribution in [3.05, 3.63) is 16.6 Å². The Kier molecular flexibility index (Phi) is 11.5. The first-order valence-corrected chi connectivity index (χ1v) is 10.5. The van der Waals surface area contributed by atoms with Gasteiger partial charge in [0.25, 0.3) is 0 Å². The predicted molar refractivity (Wildman–Crippen MR) is 119 cm³/mol. The van der Waals surface area contributed by atoms with Crippen LogP contribution in [0.3, 0.4) is 0 Å². The minimum absolute atomic E-state index is 0.0326. The van der Waals surface area contributed by atoms with Gasteiger partial charge >= 0.3 is 0 Å². The summed E-state index contributed by atoms with van der Waals surface area (Å²) in [6.45, 7) is 0.339. The molecule has 172 valence electrons. The highest BCUT2D eigenvalue weighted by molar-refractivity contribution is 7.11. The largest absolute Gasteiger partial charge is 0.370 e. The van der Waals surface area contributed by atoms with Crippen molar-refractivity contribution < 1.29 is 14.4 Å². The van der Waals surface area contributed by atoms with Crippen LogP contribution < -0.4 is 39.3 Å². The van der Waals surface area contributed by atoms with E-state index < -0.39 is 23.9 Å². The molecule has 12 N–H and O–H groups in total. The summed E-state index contributed by atoms with van der Waals surface area (Å²) in [4.78, 5) is 48.6. The molecule has 1 aromatic heterocycles. The Morgan fingerprint density at radius 1 is 1.03 bits per heavy atom. The number of hydrogen-bond acceptors (Lipinski definition) is 8. The summed E-state index contributed by atoms with van der Waals surface area (Å²) >= 11 is 1.17. The highest BCUT2D eigenvalue weighted by Gasteiger charge is 2.24. The monoisotopic (exact) mass is 454 g/mol. The van der Waals surface area contributed by atoms with Gasteiger partial charge in [0, 0.05) is 24.7 Å². The maximum Gasteiger partial charge on any atom is 0.239 e. The summed E-state index contributed by atoms with van der Waals surface area (Å²) in [5, 5.41) is 7.01. The van der Waals surface area contributed by atoms with E-state index in [-0.39, 0.29) is 29.3 Å². The second kappa shape index (κ2) is 13.9. The van der Waals surface area contributed by atoms with Gasteiger partial charge in [-0.3, -0.25) is 24.4 Å². The first-order valence-electron chi connectivity index (χ1n) is 9.57. The lowest BCUT2D eigenvalue weighted by molar-refractivity contribution is -0.127. The van der Waals surface area contributed by atoms with Crippen LogP contribution in [0.2, 0.25) is 0 Å². The molecule has 0 unspecified atom stereocenters. The molecule has 0 saturated heterocycles. The zero-order valence-electron chi connectivity index (χ0n) is 17.1. The Morgan fingerprint density at radius 2 is 1.65 bits per heavy atom. The molecule has 2 atom stereocenters. The van der Waals surface area contributed by atoms with E-state index >= 15 is 0 Å². The van der Waals surface area contributed by atoms with Crippen molar-refractivity contribution in [3.8, 4) is 0 Å². The average molecular weight is 455 g/mol. The van der Waals surface area contributed by atoms with E-state index in [4.69, 9.17) is 28.7 Å². The van der Waals surface area contributed by atoms with Crippen molar-refractivity contribution in [2.24, 2.45) is 38.7 Å². The van der Waals surface area contributed by atoms with Crippen molar-refractivity contribution in [1.29, 1.82) is 0 Å². The quantitative estimate of drug-likeness (QED) is 0.0671. The van der Waals surface area contributed by atoms with Gasteiger partial charge in [0.1, 0.15) is 0 Å². The van der Waals surface area contributed by atoms with Crippen LogP contribution in [0.1, 0.15) is 35.5 Å². The number of Topliss-reactive ketones (excluding diaryl/α,β-unsaturated/α-hetero) is 1. The Balaban J connectivity index is 2.53. The van der Waals surface area contributed by atoms with Gasteiger partial charge in [0.05, 0.1) is 18.6 Å². The summed E-state index contributed by atoms with van der Waals surface area (Å²) in [7, 11) is 0. The maximum atomic E-state index is 12.6. The van der Waals surface area contributed by atoms with Crippen molar-refractivity contribution in [3.63, 3.8) is 0 Å². The van der Waals surface area contributed by atoms with Gasteiger partial charge < -0.3 is 39.3 Å². The number of nitrogens with one attached hydrogen (secondary N) is 2. The van der Waals surface area contributed by atoms with Crippen LogP contribution in [-0.4, -0.2) is 66.2 Å². The number of thiazole rings is 1. The predicted octanol–water partition coefficient (Wildman–Crippen LogP) is -2.64. The zero-order valence-corrected chi connectivity index (χ0v) is 17.9. The molecule has 2 amide bonds. The van der Waals surface area contributed by atoms with Gasteiger partial charge in [0.2, 0.25) is 17.6 Å². The molecule has 0 aliphatic rings. The van der Waals surface area contributed by atoms with Crippen molar-refractivity contribution in [2.75, 3.05) is 19.6 Å². The summed E-state index contributed by atoms with van der Waals surface area (Å²) in [6, 6.07) is -1.63. The zero-order chi connectivity index (χ0) is 23.2. The molecule has 0 aliphatic carbocycles. The second-order valence-electron chi connectivity index (χ2n) is 6.54. The first-order chi connectivity index (χ1) is 14.7. The number of amides is 2. The standard InChI is InChI=1S/C17H30N10O3S/c18-10(3-1-5-24-16(19)20)14(30)26-9-12(28)27-11(4-2-6-25-17(21)22)13(29)15-23-7-8-31-15/h7-8,10-11H,1-6,9,18H2,(H,26,30)(H,27,28)(H4,19,20,24)(H4,21,22,25)/t10-,11+/m1/s1. The van der Waals surface area contributed by atoms with Gasteiger partial charge in [-0.05, 0) is 25.7 Å². The average Bonchev–Trinajstić information content (AvgIpc) is 3.25. The highest BCUT2D eigenvalue weighted by atomic mass is 32.1. The summed E-state index contributed by atoms with van der Waals surface area (Å²) in [6.07, 6.45) is 3.14. The number of carbonyl (C=O) groups excluding carboxylic acids is 3. The number of aliphatic imine (C=N–C) groups is 2. The molecule has 0 bridgehead atoms. The van der Waals surface area contributed by atoms with E-state index in [1.807, 2.05) is 0 Å². The molecule has 0 fully saturated rings. The minimum atomic E-state index is -0.821. The molecule has 14 heteroatoms. The van der Waals surface area contributed by atoms with Gasteiger partial charge in [0.15, 0.2) is 16.9 Å². The number of aromatic nitrogens is 1. The SMILES string of the molecule is NC(N)=NCCC[C@@H](N)C(=O)NCC(=O)N[C@@H](CCCN=C(N)N)C(=O)c1nccs1. The van der Waals surface area contributed by atoms with Crippen LogP contribution in [0.15, 0.2) is 21.6 Å². The Bertz CT molecular complexity index is 773. The molecule has 0 spiro atoms. The van der Waals surface area contributed by atoms with Gasteiger partial charge in [-0.2, -0.15) is 0 Å². The Hall–Kier alpha value is -3.26. The normalized spacial score (nSPS) is 12.3. The number of carbonyl (C=O) groups is 3. The van der Waals surface area contributed by atoms with Crippen molar-refractivity contribution >= 4 is 40.9 Å². The molecule has 1 heterocycles. The molecule has 13 nitrogen and oxygen atoms in total. The number of hydrogen-bond donors (Lipinski definition) is 7. The molecular formula is C17H30N10O3S. The molecule has 0 aromatic carbocycles. The van der Waals surface area contributed by atoms with Crippen LogP contribution in [0.4, 0.5) is 0 Å². The van der Waals surface area contributed by atoms with Crippen molar-refractivity contribution in [1.82, 2.24) is 15.6 Å². The number of ketones is 1. The van der Waals surface area contributed by atoms with Crippen LogP contribution in [0.25, 0.3) is 0 Å². The minimum Gasteiger partial charge on any atom is -0.370 e. The number of nitrogens with two attached hydrogens (primary N) is 5.